The lowest BCUT2D eigenvalue weighted by atomic mass is 9.98. The van der Waals surface area contributed by atoms with Crippen LogP contribution < -0.4 is 9.62 Å². The van der Waals surface area contributed by atoms with E-state index in [-0.39, 0.29) is 5.69 Å². The normalized spacial score (nSPS) is 12.8. The first kappa shape index (κ1) is 25.6. The highest BCUT2D eigenvalue weighted by Crippen LogP contribution is 2.37. The molecule has 10 heteroatoms. The molecule has 0 aromatic heterocycles. The molecular formula is C24H22ClF3N2O3S. The minimum absolute atomic E-state index is 0.319. The predicted octanol–water partition coefficient (Wildman–Crippen LogP) is 5.34. The van der Waals surface area contributed by atoms with Crippen molar-refractivity contribution < 1.29 is 26.4 Å². The van der Waals surface area contributed by atoms with Gasteiger partial charge in [0.05, 0.1) is 28.6 Å². The molecule has 180 valence electrons. The van der Waals surface area contributed by atoms with E-state index in [0.29, 0.717) is 10.4 Å². The molecule has 1 amide bonds. The average molecular weight is 511 g/mol. The van der Waals surface area contributed by atoms with E-state index in [9.17, 15) is 26.4 Å². The third-order valence-corrected chi connectivity index (χ3v) is 6.55. The van der Waals surface area contributed by atoms with Crippen LogP contribution in [-0.4, -0.2) is 27.1 Å². The predicted molar refractivity (Wildman–Crippen MR) is 126 cm³/mol. The molecule has 3 aromatic rings. The fourth-order valence-corrected chi connectivity index (χ4v) is 4.46. The maximum absolute atomic E-state index is 13.3. The highest BCUT2D eigenvalue weighted by molar-refractivity contribution is 7.92. The number of halogens is 4. The van der Waals surface area contributed by atoms with E-state index in [2.05, 4.69) is 5.32 Å². The summed E-state index contributed by atoms with van der Waals surface area (Å²) >= 11 is 5.65. The van der Waals surface area contributed by atoms with Crippen molar-refractivity contribution in [2.75, 3.05) is 17.1 Å². The monoisotopic (exact) mass is 510 g/mol. The number of amides is 1. The number of nitrogens with one attached hydrogen (secondary N) is 1. The summed E-state index contributed by atoms with van der Waals surface area (Å²) in [6.07, 6.45) is -3.97. The first-order chi connectivity index (χ1) is 15.9. The maximum atomic E-state index is 13.3. The second-order valence-corrected chi connectivity index (χ2v) is 10.1. The number of aryl methyl sites for hydroxylation is 1. The van der Waals surface area contributed by atoms with Gasteiger partial charge in [0.1, 0.15) is 6.54 Å². The standard InChI is InChI=1S/C24H22ClF3N2O3S/c1-16-8-10-18(11-9-16)23(17-6-4-3-5-7-17)29-22(31)15-30(34(2,32)33)19-12-13-21(25)20(14-19)24(26,27)28/h3-14,23H,15H2,1-2H3,(H,29,31). The molecular weight excluding hydrogens is 489 g/mol. The molecule has 0 aliphatic rings. The number of anilines is 1. The molecule has 1 N–H and O–H groups in total. The van der Waals surface area contributed by atoms with E-state index >= 15 is 0 Å². The third-order valence-electron chi connectivity index (χ3n) is 5.08. The zero-order valence-electron chi connectivity index (χ0n) is 18.3. The summed E-state index contributed by atoms with van der Waals surface area (Å²) in [6, 6.07) is 18.6. The number of carbonyl (C=O) groups is 1. The fraction of sp³-hybridized carbons (Fsp3) is 0.208. The third kappa shape index (κ3) is 6.30. The molecule has 5 nitrogen and oxygen atoms in total. The first-order valence-electron chi connectivity index (χ1n) is 10.1. The molecule has 0 spiro atoms. The van der Waals surface area contributed by atoms with E-state index in [0.717, 1.165) is 35.1 Å². The Morgan fingerprint density at radius 2 is 1.59 bits per heavy atom. The number of benzene rings is 3. The highest BCUT2D eigenvalue weighted by atomic mass is 35.5. The van der Waals surface area contributed by atoms with Crippen LogP contribution in [0, 0.1) is 6.92 Å². The van der Waals surface area contributed by atoms with Gasteiger partial charge < -0.3 is 5.32 Å². The minimum atomic E-state index is -4.79. The van der Waals surface area contributed by atoms with Crippen LogP contribution >= 0.6 is 11.6 Å². The molecule has 0 saturated carbocycles. The number of hydrogen-bond acceptors (Lipinski definition) is 3. The second kappa shape index (κ2) is 10.1. The summed E-state index contributed by atoms with van der Waals surface area (Å²) in [5.41, 5.74) is 1.04. The Morgan fingerprint density at radius 1 is 1.00 bits per heavy atom. The Labute approximate surface area is 201 Å². The van der Waals surface area contributed by atoms with Gasteiger partial charge in [0.25, 0.3) is 0 Å². The van der Waals surface area contributed by atoms with Crippen molar-refractivity contribution in [3.05, 3.63) is 100 Å². The summed E-state index contributed by atoms with van der Waals surface area (Å²) in [7, 11) is -4.10. The summed E-state index contributed by atoms with van der Waals surface area (Å²) in [5.74, 6) is -0.691. The summed E-state index contributed by atoms with van der Waals surface area (Å²) in [6.45, 7) is 1.21. The lowest BCUT2D eigenvalue weighted by molar-refractivity contribution is -0.137. The van der Waals surface area contributed by atoms with Gasteiger partial charge in [-0.1, -0.05) is 71.8 Å². The van der Waals surface area contributed by atoms with Gasteiger partial charge in [-0.3, -0.25) is 9.10 Å². The van der Waals surface area contributed by atoms with Crippen LogP contribution in [0.15, 0.2) is 72.8 Å². The molecule has 0 saturated heterocycles. The van der Waals surface area contributed by atoms with Crippen molar-refractivity contribution in [2.24, 2.45) is 0 Å². The van der Waals surface area contributed by atoms with E-state index < -0.39 is 45.3 Å². The average Bonchev–Trinajstić information content (AvgIpc) is 2.76. The number of rotatable bonds is 7. The number of sulfonamides is 1. The van der Waals surface area contributed by atoms with E-state index in [1.165, 1.54) is 0 Å². The van der Waals surface area contributed by atoms with Crippen molar-refractivity contribution in [2.45, 2.75) is 19.1 Å². The number of alkyl halides is 3. The zero-order chi connectivity index (χ0) is 25.1. The molecule has 3 rings (SSSR count). The Bertz CT molecular complexity index is 1260. The summed E-state index contributed by atoms with van der Waals surface area (Å²) in [4.78, 5) is 13.0. The quantitative estimate of drug-likeness (QED) is 0.466. The van der Waals surface area contributed by atoms with Gasteiger partial charge in [-0.15, -0.1) is 0 Å². The van der Waals surface area contributed by atoms with Crippen LogP contribution in [0.2, 0.25) is 5.02 Å². The number of hydrogen-bond donors (Lipinski definition) is 1. The topological polar surface area (TPSA) is 66.5 Å². The Hall–Kier alpha value is -3.04. The van der Waals surface area contributed by atoms with Crippen LogP contribution in [0.25, 0.3) is 0 Å². The van der Waals surface area contributed by atoms with Gasteiger partial charge in [0, 0.05) is 0 Å². The lowest BCUT2D eigenvalue weighted by Crippen LogP contribution is -2.42. The van der Waals surface area contributed by atoms with Gasteiger partial charge in [0.2, 0.25) is 15.9 Å². The van der Waals surface area contributed by atoms with Crippen LogP contribution in [0.1, 0.15) is 28.3 Å². The van der Waals surface area contributed by atoms with Crippen molar-refractivity contribution in [3.8, 4) is 0 Å². The fourth-order valence-electron chi connectivity index (χ4n) is 3.39. The van der Waals surface area contributed by atoms with E-state index in [1.54, 1.807) is 12.1 Å². The van der Waals surface area contributed by atoms with Crippen molar-refractivity contribution in [1.82, 2.24) is 5.32 Å². The molecule has 34 heavy (non-hydrogen) atoms. The van der Waals surface area contributed by atoms with Gasteiger partial charge in [-0.05, 0) is 36.2 Å². The lowest BCUT2D eigenvalue weighted by Gasteiger charge is -2.25. The molecule has 0 bridgehead atoms. The molecule has 0 aliphatic carbocycles. The van der Waals surface area contributed by atoms with Crippen LogP contribution in [0.3, 0.4) is 0 Å². The highest BCUT2D eigenvalue weighted by Gasteiger charge is 2.34. The number of nitrogens with zero attached hydrogens (tertiary/aromatic N) is 1. The maximum Gasteiger partial charge on any atom is 0.417 e. The van der Waals surface area contributed by atoms with Gasteiger partial charge >= 0.3 is 6.18 Å². The van der Waals surface area contributed by atoms with Crippen LogP contribution in [0.4, 0.5) is 18.9 Å². The molecule has 0 radical (unpaired) electrons. The van der Waals surface area contributed by atoms with Gasteiger partial charge in [-0.25, -0.2) is 8.42 Å². The summed E-state index contributed by atoms with van der Waals surface area (Å²) in [5, 5.41) is 2.23. The van der Waals surface area contributed by atoms with E-state index in [1.807, 2.05) is 49.4 Å². The molecule has 1 unspecified atom stereocenters. The van der Waals surface area contributed by atoms with Crippen LogP contribution in [0.5, 0.6) is 0 Å². The molecule has 3 aromatic carbocycles. The smallest absolute Gasteiger partial charge is 0.344 e. The van der Waals surface area contributed by atoms with Crippen molar-refractivity contribution in [1.29, 1.82) is 0 Å². The first-order valence-corrected chi connectivity index (χ1v) is 12.3. The van der Waals surface area contributed by atoms with Gasteiger partial charge in [0.15, 0.2) is 0 Å². The molecule has 0 heterocycles. The van der Waals surface area contributed by atoms with Crippen molar-refractivity contribution in [3.63, 3.8) is 0 Å². The Balaban J connectivity index is 1.93. The second-order valence-electron chi connectivity index (χ2n) is 7.75. The van der Waals surface area contributed by atoms with Crippen LogP contribution in [-0.2, 0) is 21.0 Å². The SMILES string of the molecule is Cc1ccc(C(NC(=O)CN(c2ccc(Cl)c(C(F)(F)F)c2)S(C)(=O)=O)c2ccccc2)cc1. The molecule has 1 atom stereocenters. The van der Waals surface area contributed by atoms with Gasteiger partial charge in [-0.2, -0.15) is 13.2 Å². The van der Waals surface area contributed by atoms with Crippen molar-refractivity contribution >= 4 is 33.2 Å². The largest absolute Gasteiger partial charge is 0.417 e. The number of carbonyl (C=O) groups excluding carboxylic acids is 1. The summed E-state index contributed by atoms with van der Waals surface area (Å²) < 4.78 is 65.3. The minimum Gasteiger partial charge on any atom is -0.344 e. The zero-order valence-corrected chi connectivity index (χ0v) is 19.9. The Kier molecular flexibility index (Phi) is 7.57. The Morgan fingerprint density at radius 3 is 2.15 bits per heavy atom. The van der Waals surface area contributed by atoms with E-state index in [4.69, 9.17) is 11.6 Å². The molecule has 0 fully saturated rings. The molecule has 0 aliphatic heterocycles.